The molecule has 15 heavy (non-hydrogen) atoms. The van der Waals surface area contributed by atoms with Crippen molar-refractivity contribution in [2.24, 2.45) is 0 Å². The number of carbonyl (C=O) groups excluding carboxylic acids is 1. The highest BCUT2D eigenvalue weighted by Crippen LogP contribution is 2.25. The van der Waals surface area contributed by atoms with Crippen LogP contribution in [0, 0.1) is 0 Å². The van der Waals surface area contributed by atoms with E-state index >= 15 is 0 Å². The molecule has 0 heterocycles. The molecule has 0 aromatic heterocycles. The minimum Gasteiger partial charge on any atom is -0.298 e. The minimum atomic E-state index is 0.459. The normalized spacial score (nSPS) is 10.3. The first-order valence-corrected chi connectivity index (χ1v) is 5.87. The van der Waals surface area contributed by atoms with Crippen LogP contribution >= 0.6 is 23.2 Å². The molecule has 1 rings (SSSR count). The van der Waals surface area contributed by atoms with E-state index in [1.54, 1.807) is 12.1 Å². The van der Waals surface area contributed by atoms with Crippen LogP contribution in [-0.2, 0) is 6.42 Å². The Morgan fingerprint density at radius 1 is 1.20 bits per heavy atom. The van der Waals surface area contributed by atoms with Gasteiger partial charge in [0.05, 0.1) is 5.02 Å². The van der Waals surface area contributed by atoms with E-state index < -0.39 is 0 Å². The second-order valence-electron chi connectivity index (χ2n) is 3.54. The van der Waals surface area contributed by atoms with E-state index in [-0.39, 0.29) is 0 Å². The SMILES string of the molecule is CCCCCc1cc(Cl)c(C=O)cc1Cl. The Balaban J connectivity index is 2.80. The first-order chi connectivity index (χ1) is 7.19. The molecule has 0 aliphatic heterocycles. The number of halogens is 2. The zero-order valence-corrected chi connectivity index (χ0v) is 10.2. The molecule has 0 aliphatic rings. The van der Waals surface area contributed by atoms with Gasteiger partial charge in [-0.15, -0.1) is 0 Å². The maximum atomic E-state index is 10.6. The predicted molar refractivity (Wildman–Crippen MR) is 65.1 cm³/mol. The fourth-order valence-electron chi connectivity index (χ4n) is 1.45. The van der Waals surface area contributed by atoms with Gasteiger partial charge in [-0.05, 0) is 30.5 Å². The monoisotopic (exact) mass is 244 g/mol. The molecule has 0 spiro atoms. The van der Waals surface area contributed by atoms with Crippen molar-refractivity contribution in [1.82, 2.24) is 0 Å². The molecule has 0 unspecified atom stereocenters. The largest absolute Gasteiger partial charge is 0.298 e. The predicted octanol–water partition coefficient (Wildman–Crippen LogP) is 4.54. The molecule has 0 amide bonds. The third kappa shape index (κ3) is 3.51. The molecule has 0 radical (unpaired) electrons. The van der Waals surface area contributed by atoms with Gasteiger partial charge in [0.25, 0.3) is 0 Å². The molecule has 0 bridgehead atoms. The number of aryl methyl sites for hydroxylation is 1. The molecule has 0 fully saturated rings. The molecule has 3 heteroatoms. The third-order valence-electron chi connectivity index (χ3n) is 2.34. The van der Waals surface area contributed by atoms with Gasteiger partial charge in [-0.2, -0.15) is 0 Å². The minimum absolute atomic E-state index is 0.459. The summed E-state index contributed by atoms with van der Waals surface area (Å²) in [5.74, 6) is 0. The number of benzene rings is 1. The fourth-order valence-corrected chi connectivity index (χ4v) is 1.95. The molecular formula is C12H14Cl2O. The molecule has 1 nitrogen and oxygen atoms in total. The fraction of sp³-hybridized carbons (Fsp3) is 0.417. The number of rotatable bonds is 5. The number of unbranched alkanes of at least 4 members (excludes halogenated alkanes) is 2. The van der Waals surface area contributed by atoms with Gasteiger partial charge in [0.2, 0.25) is 0 Å². The van der Waals surface area contributed by atoms with Gasteiger partial charge >= 0.3 is 0 Å². The first-order valence-electron chi connectivity index (χ1n) is 5.12. The van der Waals surface area contributed by atoms with Crippen LogP contribution in [0.25, 0.3) is 0 Å². The van der Waals surface area contributed by atoms with Crippen molar-refractivity contribution >= 4 is 29.5 Å². The van der Waals surface area contributed by atoms with E-state index in [9.17, 15) is 4.79 Å². The standard InChI is InChI=1S/C12H14Cl2O/c1-2-3-4-5-9-6-12(14)10(8-15)7-11(9)13/h6-8H,2-5H2,1H3. The molecule has 82 valence electrons. The van der Waals surface area contributed by atoms with Gasteiger partial charge in [0, 0.05) is 10.6 Å². The average molecular weight is 245 g/mol. The van der Waals surface area contributed by atoms with Crippen LogP contribution in [0.2, 0.25) is 10.0 Å². The summed E-state index contributed by atoms with van der Waals surface area (Å²) in [6.45, 7) is 2.16. The quantitative estimate of drug-likeness (QED) is 0.549. The average Bonchev–Trinajstić information content (AvgIpc) is 2.23. The Kier molecular flexibility index (Phi) is 5.13. The Labute approximate surface area is 100 Å². The second kappa shape index (κ2) is 6.14. The van der Waals surface area contributed by atoms with E-state index in [1.165, 1.54) is 12.8 Å². The van der Waals surface area contributed by atoms with Gasteiger partial charge in [0.1, 0.15) is 0 Å². The molecule has 0 N–H and O–H groups in total. The molecule has 1 aromatic rings. The van der Waals surface area contributed by atoms with Gasteiger partial charge < -0.3 is 0 Å². The zero-order chi connectivity index (χ0) is 11.3. The maximum absolute atomic E-state index is 10.6. The summed E-state index contributed by atoms with van der Waals surface area (Å²) in [5.41, 5.74) is 1.49. The van der Waals surface area contributed by atoms with E-state index in [2.05, 4.69) is 6.92 Å². The highest BCUT2D eigenvalue weighted by molar-refractivity contribution is 6.35. The molecule has 0 saturated carbocycles. The second-order valence-corrected chi connectivity index (χ2v) is 4.35. The van der Waals surface area contributed by atoms with Crippen LogP contribution in [-0.4, -0.2) is 6.29 Å². The van der Waals surface area contributed by atoms with Crippen molar-refractivity contribution in [2.45, 2.75) is 32.6 Å². The lowest BCUT2D eigenvalue weighted by Gasteiger charge is -2.06. The molecule has 0 aliphatic carbocycles. The van der Waals surface area contributed by atoms with Gasteiger partial charge in [-0.25, -0.2) is 0 Å². The summed E-state index contributed by atoms with van der Waals surface area (Å²) in [7, 11) is 0. The third-order valence-corrected chi connectivity index (χ3v) is 3.02. The smallest absolute Gasteiger partial charge is 0.151 e. The molecule has 0 saturated heterocycles. The highest BCUT2D eigenvalue weighted by atomic mass is 35.5. The lowest BCUT2D eigenvalue weighted by molar-refractivity contribution is 0.112. The lowest BCUT2D eigenvalue weighted by atomic mass is 10.1. The number of aldehydes is 1. The van der Waals surface area contributed by atoms with Gasteiger partial charge in [-0.3, -0.25) is 4.79 Å². The summed E-state index contributed by atoms with van der Waals surface area (Å²) in [6.07, 6.45) is 5.11. The van der Waals surface area contributed by atoms with Crippen LogP contribution < -0.4 is 0 Å². The summed E-state index contributed by atoms with van der Waals surface area (Å²) in [6, 6.07) is 3.43. The topological polar surface area (TPSA) is 17.1 Å². The van der Waals surface area contributed by atoms with Crippen molar-refractivity contribution in [1.29, 1.82) is 0 Å². The molecular weight excluding hydrogens is 231 g/mol. The van der Waals surface area contributed by atoms with Gasteiger partial charge in [0.15, 0.2) is 6.29 Å². The van der Waals surface area contributed by atoms with Crippen LogP contribution in [0.15, 0.2) is 12.1 Å². The number of hydrogen-bond donors (Lipinski definition) is 0. The van der Waals surface area contributed by atoms with E-state index in [0.29, 0.717) is 15.6 Å². The van der Waals surface area contributed by atoms with Crippen LogP contribution in [0.3, 0.4) is 0 Å². The van der Waals surface area contributed by atoms with E-state index in [4.69, 9.17) is 23.2 Å². The zero-order valence-electron chi connectivity index (χ0n) is 8.72. The van der Waals surface area contributed by atoms with Crippen LogP contribution in [0.5, 0.6) is 0 Å². The Morgan fingerprint density at radius 3 is 2.53 bits per heavy atom. The summed E-state index contributed by atoms with van der Waals surface area (Å²) < 4.78 is 0. The Bertz CT molecular complexity index is 348. The number of carbonyl (C=O) groups is 1. The maximum Gasteiger partial charge on any atom is 0.151 e. The molecule has 1 aromatic carbocycles. The molecule has 0 atom stereocenters. The van der Waals surface area contributed by atoms with E-state index in [0.717, 1.165) is 24.7 Å². The van der Waals surface area contributed by atoms with Crippen molar-refractivity contribution < 1.29 is 4.79 Å². The first kappa shape index (κ1) is 12.5. The number of hydrogen-bond acceptors (Lipinski definition) is 1. The Morgan fingerprint density at radius 2 is 1.93 bits per heavy atom. The lowest BCUT2D eigenvalue weighted by Crippen LogP contribution is -1.91. The van der Waals surface area contributed by atoms with Crippen molar-refractivity contribution in [3.05, 3.63) is 33.3 Å². The van der Waals surface area contributed by atoms with Crippen LogP contribution in [0.1, 0.15) is 42.1 Å². The van der Waals surface area contributed by atoms with Crippen molar-refractivity contribution in [3.63, 3.8) is 0 Å². The van der Waals surface area contributed by atoms with Crippen molar-refractivity contribution in [3.8, 4) is 0 Å². The van der Waals surface area contributed by atoms with Crippen molar-refractivity contribution in [2.75, 3.05) is 0 Å². The summed E-state index contributed by atoms with van der Waals surface area (Å²) >= 11 is 12.0. The summed E-state index contributed by atoms with van der Waals surface area (Å²) in [5, 5.41) is 1.12. The van der Waals surface area contributed by atoms with Gasteiger partial charge in [-0.1, -0.05) is 43.0 Å². The Hall–Kier alpha value is -0.530. The summed E-state index contributed by atoms with van der Waals surface area (Å²) in [4.78, 5) is 10.6. The van der Waals surface area contributed by atoms with Crippen LogP contribution in [0.4, 0.5) is 0 Å². The van der Waals surface area contributed by atoms with E-state index in [1.807, 2.05) is 0 Å². The highest BCUT2D eigenvalue weighted by Gasteiger charge is 2.06.